The monoisotopic (exact) mass is 240 g/mol. The molecule has 2 rings (SSSR count). The van der Waals surface area contributed by atoms with Gasteiger partial charge in [-0.15, -0.1) is 0 Å². The molecule has 2 aliphatic carbocycles. The Balaban J connectivity index is 1.93. The molecule has 0 amide bonds. The van der Waals surface area contributed by atoms with Crippen molar-refractivity contribution < 1.29 is 9.84 Å². The van der Waals surface area contributed by atoms with E-state index in [2.05, 4.69) is 6.92 Å². The molecular formula is C15H28O2. The summed E-state index contributed by atoms with van der Waals surface area (Å²) in [5.41, 5.74) is -0.205. The molecule has 0 aliphatic heterocycles. The smallest absolute Gasteiger partial charge is 0.0939 e. The molecule has 100 valence electrons. The molecule has 2 fully saturated rings. The summed E-state index contributed by atoms with van der Waals surface area (Å²) in [7, 11) is 1.78. The van der Waals surface area contributed by atoms with Crippen LogP contribution in [-0.4, -0.2) is 23.9 Å². The highest BCUT2D eigenvalue weighted by atomic mass is 16.5. The van der Waals surface area contributed by atoms with Crippen molar-refractivity contribution >= 4 is 0 Å². The van der Waals surface area contributed by atoms with Gasteiger partial charge >= 0.3 is 0 Å². The van der Waals surface area contributed by atoms with E-state index in [1.54, 1.807) is 7.11 Å². The number of hydrogen-bond acceptors (Lipinski definition) is 2. The maximum Gasteiger partial charge on any atom is 0.0939 e. The minimum absolute atomic E-state index is 0.205. The summed E-state index contributed by atoms with van der Waals surface area (Å²) < 4.78 is 5.72. The quantitative estimate of drug-likeness (QED) is 0.814. The zero-order chi connectivity index (χ0) is 12.3. The van der Waals surface area contributed by atoms with Gasteiger partial charge in [0.25, 0.3) is 0 Å². The van der Waals surface area contributed by atoms with Crippen molar-refractivity contribution in [2.45, 2.75) is 76.4 Å². The molecule has 0 saturated heterocycles. The van der Waals surface area contributed by atoms with Crippen LogP contribution < -0.4 is 0 Å². The lowest BCUT2D eigenvalue weighted by Gasteiger charge is -2.40. The Hall–Kier alpha value is -0.0800. The Morgan fingerprint density at radius 3 is 2.24 bits per heavy atom. The topological polar surface area (TPSA) is 29.5 Å². The van der Waals surface area contributed by atoms with E-state index in [0.717, 1.165) is 18.8 Å². The second-order valence-corrected chi connectivity index (χ2v) is 6.11. The van der Waals surface area contributed by atoms with Crippen molar-refractivity contribution in [3.05, 3.63) is 0 Å². The highest BCUT2D eigenvalue weighted by molar-refractivity contribution is 4.96. The second kappa shape index (κ2) is 5.71. The molecule has 1 unspecified atom stereocenters. The molecule has 0 radical (unpaired) electrons. The zero-order valence-corrected chi connectivity index (χ0v) is 11.5. The van der Waals surface area contributed by atoms with E-state index in [9.17, 15) is 5.11 Å². The molecule has 0 bridgehead atoms. The SMILES string of the molecule is CCC1CCC(C(O)C2(OC)CCCC2)CC1. The number of methoxy groups -OCH3 is 1. The van der Waals surface area contributed by atoms with Crippen LogP contribution in [0.1, 0.15) is 64.7 Å². The Morgan fingerprint density at radius 2 is 1.76 bits per heavy atom. The zero-order valence-electron chi connectivity index (χ0n) is 11.5. The Morgan fingerprint density at radius 1 is 1.18 bits per heavy atom. The van der Waals surface area contributed by atoms with Crippen LogP contribution in [-0.2, 0) is 4.74 Å². The predicted molar refractivity (Wildman–Crippen MR) is 70.0 cm³/mol. The van der Waals surface area contributed by atoms with Gasteiger partial charge in [-0.05, 0) is 37.5 Å². The van der Waals surface area contributed by atoms with E-state index >= 15 is 0 Å². The van der Waals surface area contributed by atoms with Gasteiger partial charge in [-0.2, -0.15) is 0 Å². The van der Waals surface area contributed by atoms with Gasteiger partial charge in [0.2, 0.25) is 0 Å². The summed E-state index contributed by atoms with van der Waals surface area (Å²) in [6, 6.07) is 0. The molecule has 1 N–H and O–H groups in total. The highest BCUT2D eigenvalue weighted by Gasteiger charge is 2.44. The van der Waals surface area contributed by atoms with Gasteiger partial charge in [-0.1, -0.05) is 39.0 Å². The van der Waals surface area contributed by atoms with Crippen LogP contribution >= 0.6 is 0 Å². The molecular weight excluding hydrogens is 212 g/mol. The number of hydrogen-bond donors (Lipinski definition) is 1. The summed E-state index contributed by atoms with van der Waals surface area (Å²) in [5.74, 6) is 1.39. The lowest BCUT2D eigenvalue weighted by Crippen LogP contribution is -2.47. The minimum atomic E-state index is -0.229. The van der Waals surface area contributed by atoms with Gasteiger partial charge in [0, 0.05) is 7.11 Å². The normalized spacial score (nSPS) is 34.8. The fourth-order valence-electron chi connectivity index (χ4n) is 3.94. The van der Waals surface area contributed by atoms with Crippen molar-refractivity contribution in [2.24, 2.45) is 11.8 Å². The van der Waals surface area contributed by atoms with Crippen LogP contribution in [0.25, 0.3) is 0 Å². The molecule has 1 atom stereocenters. The largest absolute Gasteiger partial charge is 0.390 e. The van der Waals surface area contributed by atoms with Gasteiger partial charge < -0.3 is 9.84 Å². The average Bonchev–Trinajstić information content (AvgIpc) is 2.88. The second-order valence-electron chi connectivity index (χ2n) is 6.11. The molecule has 0 aromatic heterocycles. The third-order valence-electron chi connectivity index (χ3n) is 5.31. The summed E-state index contributed by atoms with van der Waals surface area (Å²) in [5, 5.41) is 10.7. The maximum atomic E-state index is 10.7. The Bertz CT molecular complexity index is 225. The summed E-state index contributed by atoms with van der Waals surface area (Å²) in [6.45, 7) is 2.29. The third-order valence-corrected chi connectivity index (χ3v) is 5.31. The highest BCUT2D eigenvalue weighted by Crippen LogP contribution is 2.42. The van der Waals surface area contributed by atoms with Crippen LogP contribution in [0.15, 0.2) is 0 Å². The molecule has 0 aromatic rings. The van der Waals surface area contributed by atoms with Crippen LogP contribution in [0.5, 0.6) is 0 Å². The molecule has 2 saturated carbocycles. The van der Waals surface area contributed by atoms with Gasteiger partial charge in [0.1, 0.15) is 0 Å². The van der Waals surface area contributed by atoms with Crippen LogP contribution in [0.3, 0.4) is 0 Å². The van der Waals surface area contributed by atoms with Crippen molar-refractivity contribution in [1.29, 1.82) is 0 Å². The standard InChI is InChI=1S/C15H28O2/c1-3-12-6-8-13(9-7-12)14(16)15(17-2)10-4-5-11-15/h12-14,16H,3-11H2,1-2H3. The maximum absolute atomic E-state index is 10.7. The van der Waals surface area contributed by atoms with Gasteiger partial charge in [-0.3, -0.25) is 0 Å². The van der Waals surface area contributed by atoms with Crippen molar-refractivity contribution in [1.82, 2.24) is 0 Å². The van der Waals surface area contributed by atoms with Crippen molar-refractivity contribution in [3.8, 4) is 0 Å². The summed E-state index contributed by atoms with van der Waals surface area (Å²) in [6.07, 6.45) is 10.6. The van der Waals surface area contributed by atoms with Gasteiger partial charge in [-0.25, -0.2) is 0 Å². The first-order valence-electron chi connectivity index (χ1n) is 7.45. The van der Waals surface area contributed by atoms with Crippen LogP contribution in [0.4, 0.5) is 0 Å². The lowest BCUT2D eigenvalue weighted by molar-refractivity contribution is -0.126. The number of aliphatic hydroxyl groups is 1. The molecule has 2 heteroatoms. The Labute approximate surface area is 106 Å². The number of rotatable bonds is 4. The molecule has 0 aromatic carbocycles. The first-order valence-corrected chi connectivity index (χ1v) is 7.45. The van der Waals surface area contributed by atoms with E-state index in [1.807, 2.05) is 0 Å². The first-order chi connectivity index (χ1) is 8.22. The summed E-state index contributed by atoms with van der Waals surface area (Å²) >= 11 is 0. The molecule has 0 spiro atoms. The van der Waals surface area contributed by atoms with Crippen LogP contribution in [0, 0.1) is 11.8 Å². The fraction of sp³-hybridized carbons (Fsp3) is 1.00. The van der Waals surface area contributed by atoms with Gasteiger partial charge in [0.05, 0.1) is 11.7 Å². The Kier molecular flexibility index (Phi) is 4.48. The first kappa shape index (κ1) is 13.4. The van der Waals surface area contributed by atoms with E-state index < -0.39 is 0 Å². The van der Waals surface area contributed by atoms with Crippen LogP contribution in [0.2, 0.25) is 0 Å². The summed E-state index contributed by atoms with van der Waals surface area (Å²) in [4.78, 5) is 0. The van der Waals surface area contributed by atoms with E-state index in [0.29, 0.717) is 5.92 Å². The molecule has 2 nitrogen and oxygen atoms in total. The molecule has 2 aliphatic rings. The van der Waals surface area contributed by atoms with Gasteiger partial charge in [0.15, 0.2) is 0 Å². The third kappa shape index (κ3) is 2.68. The number of ether oxygens (including phenoxy) is 1. The van der Waals surface area contributed by atoms with E-state index in [-0.39, 0.29) is 11.7 Å². The predicted octanol–water partition coefficient (Wildman–Crippen LogP) is 3.52. The van der Waals surface area contributed by atoms with E-state index in [1.165, 1.54) is 44.9 Å². The van der Waals surface area contributed by atoms with Crippen molar-refractivity contribution in [3.63, 3.8) is 0 Å². The lowest BCUT2D eigenvalue weighted by atomic mass is 9.74. The van der Waals surface area contributed by atoms with Crippen molar-refractivity contribution in [2.75, 3.05) is 7.11 Å². The van der Waals surface area contributed by atoms with E-state index in [4.69, 9.17) is 4.74 Å². The molecule has 0 heterocycles. The average molecular weight is 240 g/mol. The minimum Gasteiger partial charge on any atom is -0.390 e. The molecule has 17 heavy (non-hydrogen) atoms. The fourth-order valence-corrected chi connectivity index (χ4v) is 3.94. The number of aliphatic hydroxyl groups excluding tert-OH is 1.